The van der Waals surface area contributed by atoms with Crippen LogP contribution in [0.25, 0.3) is 16.1 Å². The number of nitrogens with zero attached hydrogens (tertiary/aromatic N) is 4. The van der Waals surface area contributed by atoms with Crippen LogP contribution in [0.4, 0.5) is 0 Å². The molecule has 7 heteroatoms. The minimum absolute atomic E-state index is 0.0492. The Bertz CT molecular complexity index is 797. The van der Waals surface area contributed by atoms with Crippen molar-refractivity contribution < 1.29 is 8.42 Å². The maximum Gasteiger partial charge on any atom is 0.268 e. The number of azide groups is 1. The van der Waals surface area contributed by atoms with E-state index in [0.29, 0.717) is 0 Å². The van der Waals surface area contributed by atoms with Crippen molar-refractivity contribution in [3.8, 4) is 0 Å². The number of hydrogen-bond acceptors (Lipinski definition) is 3. The number of aryl methyl sites for hydroxylation is 1. The fourth-order valence-electron chi connectivity index (χ4n) is 1.73. The Kier molecular flexibility index (Phi) is 3.65. The van der Waals surface area contributed by atoms with Crippen LogP contribution in [0.5, 0.6) is 0 Å². The van der Waals surface area contributed by atoms with E-state index >= 15 is 0 Å². The van der Waals surface area contributed by atoms with E-state index in [4.69, 9.17) is 5.53 Å². The molecule has 0 amide bonds. The Morgan fingerprint density at radius 1 is 1.30 bits per heavy atom. The molecule has 102 valence electrons. The Morgan fingerprint density at radius 2 is 1.95 bits per heavy atom. The van der Waals surface area contributed by atoms with Crippen molar-refractivity contribution in [2.24, 2.45) is 5.11 Å². The van der Waals surface area contributed by atoms with Crippen LogP contribution in [0.15, 0.2) is 59.2 Å². The molecule has 0 unspecified atom stereocenters. The number of hydrogen-bond donors (Lipinski definition) is 0. The van der Waals surface area contributed by atoms with Gasteiger partial charge in [-0.15, -0.1) is 0 Å². The van der Waals surface area contributed by atoms with E-state index in [1.54, 1.807) is 18.2 Å². The molecule has 6 nitrogen and oxygen atoms in total. The predicted octanol–water partition coefficient (Wildman–Crippen LogP) is 3.31. The largest absolute Gasteiger partial charge is 0.268 e. The van der Waals surface area contributed by atoms with Crippen LogP contribution in [0.3, 0.4) is 0 Å². The molecule has 0 aliphatic carbocycles. The minimum Gasteiger partial charge on any atom is -0.241 e. The third kappa shape index (κ3) is 2.45. The zero-order chi connectivity index (χ0) is 14.8. The maximum atomic E-state index is 12.5. The van der Waals surface area contributed by atoms with Gasteiger partial charge in [0.2, 0.25) is 0 Å². The molecule has 0 fully saturated rings. The summed E-state index contributed by atoms with van der Waals surface area (Å²) in [5.74, 6) is 0. The number of benzene rings is 1. The van der Waals surface area contributed by atoms with E-state index in [9.17, 15) is 8.42 Å². The summed E-state index contributed by atoms with van der Waals surface area (Å²) in [6.45, 7) is 5.44. The molecule has 0 atom stereocenters. The van der Waals surface area contributed by atoms with Gasteiger partial charge in [-0.25, -0.2) is 12.4 Å². The molecule has 0 aliphatic rings. The summed E-state index contributed by atoms with van der Waals surface area (Å²) in [5, 5.41) is 3.35. The summed E-state index contributed by atoms with van der Waals surface area (Å²) >= 11 is 0. The second kappa shape index (κ2) is 5.24. The monoisotopic (exact) mass is 288 g/mol. The van der Waals surface area contributed by atoms with Gasteiger partial charge in [-0.1, -0.05) is 29.4 Å². The van der Waals surface area contributed by atoms with Crippen LogP contribution < -0.4 is 0 Å². The lowest BCUT2D eigenvalue weighted by atomic mass is 10.2. The highest BCUT2D eigenvalue weighted by Crippen LogP contribution is 2.22. The molecule has 0 bridgehead atoms. The van der Waals surface area contributed by atoms with E-state index in [2.05, 4.69) is 16.6 Å². The Hall–Kier alpha value is -2.50. The van der Waals surface area contributed by atoms with Gasteiger partial charge in [0, 0.05) is 11.1 Å². The first-order valence-corrected chi connectivity index (χ1v) is 7.15. The molecule has 0 aliphatic heterocycles. The average molecular weight is 288 g/mol. The molecule has 0 spiro atoms. The number of aromatic nitrogens is 1. The Morgan fingerprint density at radius 3 is 2.55 bits per heavy atom. The van der Waals surface area contributed by atoms with E-state index in [-0.39, 0.29) is 16.3 Å². The highest BCUT2D eigenvalue weighted by atomic mass is 32.2. The highest BCUT2D eigenvalue weighted by Gasteiger charge is 2.19. The molecule has 0 saturated carbocycles. The molecule has 1 heterocycles. The van der Waals surface area contributed by atoms with Crippen molar-refractivity contribution in [1.29, 1.82) is 0 Å². The SMILES string of the molecule is C=C(N=[N+]=[N-])c1cccn1S(=O)(=O)c1ccc(C)cc1. The quantitative estimate of drug-likeness (QED) is 0.491. The lowest BCUT2D eigenvalue weighted by molar-refractivity contribution is 0.587. The Labute approximate surface area is 116 Å². The number of rotatable bonds is 4. The Balaban J connectivity index is 2.56. The van der Waals surface area contributed by atoms with Gasteiger partial charge >= 0.3 is 0 Å². The van der Waals surface area contributed by atoms with Gasteiger partial charge in [0.05, 0.1) is 16.3 Å². The fourth-order valence-corrected chi connectivity index (χ4v) is 3.09. The first kappa shape index (κ1) is 13.9. The zero-order valence-electron chi connectivity index (χ0n) is 10.8. The molecule has 2 rings (SSSR count). The standard InChI is InChI=1S/C13H12N4O2S/c1-10-5-7-12(8-6-10)20(18,19)17-9-3-4-13(17)11(2)15-16-14/h3-9H,2H2,1H3. The predicted molar refractivity (Wildman–Crippen MR) is 76.4 cm³/mol. The van der Waals surface area contributed by atoms with Crippen molar-refractivity contribution >= 4 is 15.7 Å². The average Bonchev–Trinajstić information content (AvgIpc) is 2.89. The van der Waals surface area contributed by atoms with Gasteiger partial charge in [0.15, 0.2) is 0 Å². The normalized spacial score (nSPS) is 10.8. The summed E-state index contributed by atoms with van der Waals surface area (Å²) in [5.41, 5.74) is 9.67. The van der Waals surface area contributed by atoms with E-state index in [0.717, 1.165) is 9.54 Å². The lowest BCUT2D eigenvalue weighted by Crippen LogP contribution is -2.14. The molecule has 1 aromatic heterocycles. The van der Waals surface area contributed by atoms with Gasteiger partial charge in [0.1, 0.15) is 0 Å². The van der Waals surface area contributed by atoms with Crippen LogP contribution >= 0.6 is 0 Å². The van der Waals surface area contributed by atoms with Crippen molar-refractivity contribution in [1.82, 2.24) is 3.97 Å². The topological polar surface area (TPSA) is 87.8 Å². The summed E-state index contributed by atoms with van der Waals surface area (Å²) in [6.07, 6.45) is 1.39. The second-order valence-corrected chi connectivity index (χ2v) is 5.96. The van der Waals surface area contributed by atoms with E-state index in [1.807, 2.05) is 6.92 Å². The molecule has 0 saturated heterocycles. The van der Waals surface area contributed by atoms with Gasteiger partial charge in [0.25, 0.3) is 10.0 Å². The highest BCUT2D eigenvalue weighted by molar-refractivity contribution is 7.90. The van der Waals surface area contributed by atoms with Crippen LogP contribution in [0.2, 0.25) is 0 Å². The summed E-state index contributed by atoms with van der Waals surface area (Å²) in [6, 6.07) is 9.59. The van der Waals surface area contributed by atoms with Crippen LogP contribution in [0, 0.1) is 6.92 Å². The van der Waals surface area contributed by atoms with E-state index in [1.165, 1.54) is 24.4 Å². The van der Waals surface area contributed by atoms with Gasteiger partial charge in [-0.05, 0) is 36.7 Å². The fraction of sp³-hybridized carbons (Fsp3) is 0.0769. The molecule has 0 radical (unpaired) electrons. The van der Waals surface area contributed by atoms with Gasteiger partial charge < -0.3 is 0 Å². The van der Waals surface area contributed by atoms with Crippen molar-refractivity contribution in [3.63, 3.8) is 0 Å². The first-order chi connectivity index (χ1) is 9.46. The van der Waals surface area contributed by atoms with Crippen LogP contribution in [-0.4, -0.2) is 12.4 Å². The second-order valence-electron chi connectivity index (χ2n) is 4.14. The van der Waals surface area contributed by atoms with E-state index < -0.39 is 10.0 Å². The smallest absolute Gasteiger partial charge is 0.241 e. The van der Waals surface area contributed by atoms with Crippen molar-refractivity contribution in [2.75, 3.05) is 0 Å². The van der Waals surface area contributed by atoms with Gasteiger partial charge in [-0.2, -0.15) is 0 Å². The van der Waals surface area contributed by atoms with Gasteiger partial charge in [-0.3, -0.25) is 0 Å². The zero-order valence-corrected chi connectivity index (χ0v) is 11.6. The molecule has 2 aromatic rings. The van der Waals surface area contributed by atoms with Crippen LogP contribution in [0.1, 0.15) is 11.3 Å². The minimum atomic E-state index is -3.73. The first-order valence-electron chi connectivity index (χ1n) is 5.71. The molecule has 1 aromatic carbocycles. The van der Waals surface area contributed by atoms with Crippen molar-refractivity contribution in [3.05, 3.63) is 70.9 Å². The third-order valence-electron chi connectivity index (χ3n) is 2.75. The molecule has 0 N–H and O–H groups in total. The van der Waals surface area contributed by atoms with Crippen LogP contribution in [-0.2, 0) is 10.0 Å². The molecular weight excluding hydrogens is 276 g/mol. The molecular formula is C13H12N4O2S. The maximum absolute atomic E-state index is 12.5. The summed E-state index contributed by atoms with van der Waals surface area (Å²) in [7, 11) is -3.73. The summed E-state index contributed by atoms with van der Waals surface area (Å²) < 4.78 is 26.1. The molecule has 20 heavy (non-hydrogen) atoms. The van der Waals surface area contributed by atoms with Crippen molar-refractivity contribution in [2.45, 2.75) is 11.8 Å². The third-order valence-corrected chi connectivity index (χ3v) is 4.46. The summed E-state index contributed by atoms with van der Waals surface area (Å²) in [4.78, 5) is 2.78. The lowest BCUT2D eigenvalue weighted by Gasteiger charge is -2.10.